The summed E-state index contributed by atoms with van der Waals surface area (Å²) in [5.74, 6) is 1.28. The summed E-state index contributed by atoms with van der Waals surface area (Å²) >= 11 is 0. The Morgan fingerprint density at radius 1 is 1.33 bits per heavy atom. The summed E-state index contributed by atoms with van der Waals surface area (Å²) in [6, 6.07) is 7.03. The van der Waals surface area contributed by atoms with Gasteiger partial charge in [0.2, 0.25) is 0 Å². The second-order valence-corrected chi connectivity index (χ2v) is 8.11. The van der Waals surface area contributed by atoms with Gasteiger partial charge in [-0.2, -0.15) is 0 Å². The van der Waals surface area contributed by atoms with Crippen LogP contribution in [-0.4, -0.2) is 49.6 Å². The van der Waals surface area contributed by atoms with E-state index in [9.17, 15) is 4.79 Å². The van der Waals surface area contributed by atoms with Crippen LogP contribution in [0.2, 0.25) is 0 Å². The predicted octanol–water partition coefficient (Wildman–Crippen LogP) is 3.14. The molecule has 0 saturated carbocycles. The molecule has 2 aliphatic carbocycles. The largest absolute Gasteiger partial charge is 0.331 e. The van der Waals surface area contributed by atoms with Crippen molar-refractivity contribution in [2.24, 2.45) is 5.92 Å². The van der Waals surface area contributed by atoms with Crippen molar-refractivity contribution in [3.05, 3.63) is 34.9 Å². The van der Waals surface area contributed by atoms with E-state index in [0.29, 0.717) is 11.8 Å². The fourth-order valence-electron chi connectivity index (χ4n) is 5.04. The lowest BCUT2D eigenvalue weighted by Crippen LogP contribution is -2.40. The molecule has 1 fully saturated rings. The fraction of sp³-hybridized carbons (Fsp3) is 0.650. The number of aryl methyl sites for hydroxylation is 1. The van der Waals surface area contributed by atoms with Crippen LogP contribution >= 0.6 is 0 Å². The summed E-state index contributed by atoms with van der Waals surface area (Å²) in [5, 5.41) is 3.34. The Morgan fingerprint density at radius 3 is 3.04 bits per heavy atom. The second-order valence-electron chi connectivity index (χ2n) is 8.11. The molecule has 1 aromatic rings. The Morgan fingerprint density at radius 2 is 2.21 bits per heavy atom. The van der Waals surface area contributed by atoms with Crippen molar-refractivity contribution in [2.75, 3.05) is 33.7 Å². The smallest absolute Gasteiger partial charge is 0.317 e. The molecule has 0 bridgehead atoms. The zero-order valence-corrected chi connectivity index (χ0v) is 14.9. The molecule has 1 N–H and O–H groups in total. The lowest BCUT2D eigenvalue weighted by Gasteiger charge is -2.22. The average Bonchev–Trinajstić information content (AvgIpc) is 3.14. The Bertz CT molecular complexity index is 627. The molecule has 0 unspecified atom stereocenters. The van der Waals surface area contributed by atoms with Gasteiger partial charge in [0.25, 0.3) is 0 Å². The van der Waals surface area contributed by atoms with Crippen LogP contribution in [0.3, 0.4) is 0 Å². The topological polar surface area (TPSA) is 35.6 Å². The summed E-state index contributed by atoms with van der Waals surface area (Å²) in [7, 11) is 4.22. The summed E-state index contributed by atoms with van der Waals surface area (Å²) < 4.78 is 0. The number of likely N-dealkylation sites (tertiary alicyclic amines) is 1. The quantitative estimate of drug-likeness (QED) is 0.926. The number of hydrogen-bond donors (Lipinski definition) is 1. The Kier molecular flexibility index (Phi) is 4.25. The third-order valence-electron chi connectivity index (χ3n) is 6.03. The van der Waals surface area contributed by atoms with Crippen molar-refractivity contribution in [1.82, 2.24) is 15.1 Å². The van der Waals surface area contributed by atoms with E-state index in [-0.39, 0.29) is 12.1 Å². The molecule has 1 aliphatic heterocycles. The molecule has 4 nitrogen and oxygen atoms in total. The monoisotopic (exact) mass is 327 g/mol. The average molecular weight is 327 g/mol. The minimum Gasteiger partial charge on any atom is -0.331 e. The van der Waals surface area contributed by atoms with E-state index < -0.39 is 0 Å². The van der Waals surface area contributed by atoms with Gasteiger partial charge in [-0.1, -0.05) is 18.2 Å². The van der Waals surface area contributed by atoms with Crippen LogP contribution < -0.4 is 5.32 Å². The van der Waals surface area contributed by atoms with Gasteiger partial charge in [-0.25, -0.2) is 4.79 Å². The molecule has 0 spiro atoms. The zero-order valence-electron chi connectivity index (χ0n) is 14.9. The molecule has 130 valence electrons. The number of benzene rings is 1. The lowest BCUT2D eigenvalue weighted by atomic mass is 9.84. The molecule has 24 heavy (non-hydrogen) atoms. The van der Waals surface area contributed by atoms with E-state index in [4.69, 9.17) is 0 Å². The summed E-state index contributed by atoms with van der Waals surface area (Å²) in [4.78, 5) is 17.0. The van der Waals surface area contributed by atoms with Crippen LogP contribution in [0.25, 0.3) is 0 Å². The predicted molar refractivity (Wildman–Crippen MR) is 96.2 cm³/mol. The molecule has 1 saturated heterocycles. The summed E-state index contributed by atoms with van der Waals surface area (Å²) in [5.41, 5.74) is 4.46. The molecule has 1 heterocycles. The van der Waals surface area contributed by atoms with Crippen molar-refractivity contribution < 1.29 is 4.79 Å². The van der Waals surface area contributed by atoms with Gasteiger partial charge in [0.1, 0.15) is 0 Å². The third-order valence-corrected chi connectivity index (χ3v) is 6.03. The number of nitrogens with zero attached hydrogens (tertiary/aromatic N) is 2. The van der Waals surface area contributed by atoms with Gasteiger partial charge in [-0.3, -0.25) is 0 Å². The molecule has 3 atom stereocenters. The van der Waals surface area contributed by atoms with E-state index in [0.717, 1.165) is 32.5 Å². The lowest BCUT2D eigenvalue weighted by molar-refractivity contribution is 0.200. The maximum Gasteiger partial charge on any atom is 0.317 e. The summed E-state index contributed by atoms with van der Waals surface area (Å²) in [6.07, 6.45) is 6.00. The second kappa shape index (κ2) is 6.40. The van der Waals surface area contributed by atoms with Gasteiger partial charge in [-0.05, 0) is 74.7 Å². The fourth-order valence-corrected chi connectivity index (χ4v) is 5.04. The minimum absolute atomic E-state index is 0.137. The third kappa shape index (κ3) is 2.92. The van der Waals surface area contributed by atoms with Crippen LogP contribution in [-0.2, 0) is 6.42 Å². The Hall–Kier alpha value is -1.55. The van der Waals surface area contributed by atoms with Crippen LogP contribution in [0.1, 0.15) is 54.3 Å². The molecule has 4 rings (SSSR count). The molecule has 4 heteroatoms. The van der Waals surface area contributed by atoms with Gasteiger partial charge in [-0.15, -0.1) is 0 Å². The maximum absolute atomic E-state index is 12.7. The maximum atomic E-state index is 12.7. The van der Waals surface area contributed by atoms with Gasteiger partial charge >= 0.3 is 6.03 Å². The van der Waals surface area contributed by atoms with Crippen molar-refractivity contribution in [3.63, 3.8) is 0 Å². The van der Waals surface area contributed by atoms with E-state index >= 15 is 0 Å². The van der Waals surface area contributed by atoms with Crippen LogP contribution in [0, 0.1) is 5.92 Å². The van der Waals surface area contributed by atoms with Gasteiger partial charge < -0.3 is 15.1 Å². The Balaban J connectivity index is 1.42. The molecule has 3 aliphatic rings. The molecular formula is C20H29N3O. The normalized spacial score (nSPS) is 28.3. The highest BCUT2D eigenvalue weighted by molar-refractivity contribution is 5.75. The van der Waals surface area contributed by atoms with E-state index in [1.807, 2.05) is 4.90 Å². The molecule has 0 aromatic heterocycles. The highest BCUT2D eigenvalue weighted by atomic mass is 16.2. The highest BCUT2D eigenvalue weighted by Crippen LogP contribution is 2.47. The number of carbonyl (C=O) groups is 1. The minimum atomic E-state index is 0.137. The van der Waals surface area contributed by atoms with Crippen molar-refractivity contribution in [2.45, 2.75) is 44.1 Å². The molecule has 2 amide bonds. The standard InChI is InChI=1S/C20H29N3O/c1-22(2)12-14-9-10-23(13-14)20(24)21-18-11-16-7-3-5-15-6-4-8-17(18)19(15)16/h4,6,8,14,16,18H,3,5,7,9-13H2,1-2H3,(H,21,24)/t14-,16+,18-/m0/s1. The number of urea groups is 1. The SMILES string of the molecule is CN(C)C[C@@H]1CCN(C(=O)N[C@H]2C[C@H]3CCCc4cccc2c43)C1. The van der Waals surface area contributed by atoms with Crippen LogP contribution in [0.5, 0.6) is 0 Å². The zero-order chi connectivity index (χ0) is 16.7. The molecule has 1 aromatic carbocycles. The molecule has 0 radical (unpaired) electrons. The van der Waals surface area contributed by atoms with Crippen LogP contribution in [0.15, 0.2) is 18.2 Å². The van der Waals surface area contributed by atoms with E-state index in [2.05, 4.69) is 42.5 Å². The van der Waals surface area contributed by atoms with Gasteiger partial charge in [0.15, 0.2) is 0 Å². The molecular weight excluding hydrogens is 298 g/mol. The van der Waals surface area contributed by atoms with Crippen molar-refractivity contribution >= 4 is 6.03 Å². The van der Waals surface area contributed by atoms with E-state index in [1.165, 1.54) is 30.4 Å². The number of rotatable bonds is 3. The first-order valence-electron chi connectivity index (χ1n) is 9.43. The van der Waals surface area contributed by atoms with E-state index in [1.54, 1.807) is 5.56 Å². The number of hydrogen-bond acceptors (Lipinski definition) is 2. The summed E-state index contributed by atoms with van der Waals surface area (Å²) in [6.45, 7) is 2.86. The first-order chi connectivity index (χ1) is 11.6. The highest BCUT2D eigenvalue weighted by Gasteiger charge is 2.36. The Labute approximate surface area is 145 Å². The first-order valence-corrected chi connectivity index (χ1v) is 9.43. The number of nitrogens with one attached hydrogen (secondary N) is 1. The van der Waals surface area contributed by atoms with Gasteiger partial charge in [0, 0.05) is 19.6 Å². The number of amides is 2. The van der Waals surface area contributed by atoms with Crippen molar-refractivity contribution in [3.8, 4) is 0 Å². The van der Waals surface area contributed by atoms with Crippen molar-refractivity contribution in [1.29, 1.82) is 0 Å². The van der Waals surface area contributed by atoms with Gasteiger partial charge in [0.05, 0.1) is 6.04 Å². The number of carbonyl (C=O) groups excluding carboxylic acids is 1. The first kappa shape index (κ1) is 15.9. The van der Waals surface area contributed by atoms with Crippen LogP contribution in [0.4, 0.5) is 4.79 Å².